The van der Waals surface area contributed by atoms with Crippen molar-refractivity contribution in [3.63, 3.8) is 0 Å². The summed E-state index contributed by atoms with van der Waals surface area (Å²) in [5.41, 5.74) is 0. The highest BCUT2D eigenvalue weighted by Crippen LogP contribution is 2.29. The van der Waals surface area contributed by atoms with E-state index < -0.39 is 0 Å². The minimum absolute atomic E-state index is 0.118. The second kappa shape index (κ2) is 5.80. The largest absolute Gasteiger partial charge is 0.340 e. The summed E-state index contributed by atoms with van der Waals surface area (Å²) < 4.78 is 5.05. The standard InChI is InChI=1S/C13H19N5O3/c1-9-15-12(16-21-9)10-4-2-5-17(10)6-3-7-18-11(19)8-14-13(18)20/h10H,2-8H2,1H3,(H,14,20)/t10-/m1/s1. The normalized spacial score (nSPS) is 23.1. The van der Waals surface area contributed by atoms with Gasteiger partial charge in [-0.1, -0.05) is 5.16 Å². The maximum atomic E-state index is 11.5. The van der Waals surface area contributed by atoms with Crippen LogP contribution < -0.4 is 5.32 Å². The van der Waals surface area contributed by atoms with Crippen LogP contribution in [0.4, 0.5) is 4.79 Å². The third kappa shape index (κ3) is 2.90. The van der Waals surface area contributed by atoms with Gasteiger partial charge in [0.15, 0.2) is 5.82 Å². The smallest absolute Gasteiger partial charge is 0.324 e. The number of hydrogen-bond acceptors (Lipinski definition) is 6. The molecule has 3 amide bonds. The van der Waals surface area contributed by atoms with Gasteiger partial charge in [0.25, 0.3) is 0 Å². The molecule has 2 aliphatic rings. The predicted octanol–water partition coefficient (Wildman–Crippen LogP) is 0.457. The molecule has 2 fully saturated rings. The van der Waals surface area contributed by atoms with Crippen LogP contribution in [0.5, 0.6) is 0 Å². The highest BCUT2D eigenvalue weighted by atomic mass is 16.5. The van der Waals surface area contributed by atoms with Crippen LogP contribution in [0.3, 0.4) is 0 Å². The van der Waals surface area contributed by atoms with Crippen molar-refractivity contribution < 1.29 is 14.1 Å². The highest BCUT2D eigenvalue weighted by molar-refractivity contribution is 6.01. The van der Waals surface area contributed by atoms with Gasteiger partial charge < -0.3 is 9.84 Å². The van der Waals surface area contributed by atoms with Gasteiger partial charge in [-0.05, 0) is 25.8 Å². The van der Waals surface area contributed by atoms with Crippen LogP contribution >= 0.6 is 0 Å². The number of aromatic nitrogens is 2. The van der Waals surface area contributed by atoms with Crippen molar-refractivity contribution >= 4 is 11.9 Å². The number of rotatable bonds is 5. The Morgan fingerprint density at radius 1 is 1.38 bits per heavy atom. The van der Waals surface area contributed by atoms with Crippen molar-refractivity contribution in [2.24, 2.45) is 0 Å². The number of urea groups is 1. The second-order valence-corrected chi connectivity index (χ2v) is 5.42. The van der Waals surface area contributed by atoms with Gasteiger partial charge in [0.1, 0.15) is 0 Å². The van der Waals surface area contributed by atoms with Crippen LogP contribution in [0.15, 0.2) is 4.52 Å². The van der Waals surface area contributed by atoms with Crippen molar-refractivity contribution in [1.29, 1.82) is 0 Å². The lowest BCUT2D eigenvalue weighted by Gasteiger charge is -2.22. The summed E-state index contributed by atoms with van der Waals surface area (Å²) in [5, 5.41) is 6.53. The lowest BCUT2D eigenvalue weighted by Crippen LogP contribution is -2.34. The van der Waals surface area contributed by atoms with E-state index in [0.717, 1.165) is 38.2 Å². The molecule has 2 saturated heterocycles. The molecule has 3 heterocycles. The summed E-state index contributed by atoms with van der Waals surface area (Å²) in [7, 11) is 0. The molecule has 3 rings (SSSR count). The van der Waals surface area contributed by atoms with Crippen LogP contribution in [0.1, 0.15) is 37.0 Å². The number of likely N-dealkylation sites (tertiary alicyclic amines) is 1. The topological polar surface area (TPSA) is 91.6 Å². The number of carbonyl (C=O) groups excluding carboxylic acids is 2. The fourth-order valence-electron chi connectivity index (χ4n) is 2.95. The van der Waals surface area contributed by atoms with Crippen molar-refractivity contribution in [3.8, 4) is 0 Å². The zero-order chi connectivity index (χ0) is 14.8. The Balaban J connectivity index is 1.52. The van der Waals surface area contributed by atoms with E-state index in [4.69, 9.17) is 4.52 Å². The van der Waals surface area contributed by atoms with Crippen LogP contribution in [-0.2, 0) is 4.79 Å². The Kier molecular flexibility index (Phi) is 3.87. The first-order valence-electron chi connectivity index (χ1n) is 7.27. The Morgan fingerprint density at radius 2 is 2.24 bits per heavy atom. The molecule has 2 aliphatic heterocycles. The molecular formula is C13H19N5O3. The fraction of sp³-hybridized carbons (Fsp3) is 0.692. The van der Waals surface area contributed by atoms with E-state index in [1.807, 2.05) is 0 Å². The van der Waals surface area contributed by atoms with E-state index in [0.29, 0.717) is 12.4 Å². The first-order chi connectivity index (χ1) is 10.1. The number of amides is 3. The first-order valence-corrected chi connectivity index (χ1v) is 7.27. The molecular weight excluding hydrogens is 274 g/mol. The number of aryl methyl sites for hydroxylation is 1. The van der Waals surface area contributed by atoms with Crippen molar-refractivity contribution in [2.45, 2.75) is 32.2 Å². The van der Waals surface area contributed by atoms with Gasteiger partial charge in [-0.2, -0.15) is 4.98 Å². The van der Waals surface area contributed by atoms with Gasteiger partial charge in [0.05, 0.1) is 12.6 Å². The maximum Gasteiger partial charge on any atom is 0.324 e. The molecule has 0 radical (unpaired) electrons. The lowest BCUT2D eigenvalue weighted by molar-refractivity contribution is -0.125. The molecule has 0 aliphatic carbocycles. The SMILES string of the molecule is Cc1nc([C@H]2CCCN2CCCN2C(=O)CNC2=O)no1. The zero-order valence-corrected chi connectivity index (χ0v) is 12.0. The third-order valence-corrected chi connectivity index (χ3v) is 3.97. The Morgan fingerprint density at radius 3 is 2.90 bits per heavy atom. The van der Waals surface area contributed by atoms with Gasteiger partial charge in [-0.3, -0.25) is 14.6 Å². The van der Waals surface area contributed by atoms with E-state index in [2.05, 4.69) is 20.4 Å². The Labute approximate surface area is 122 Å². The highest BCUT2D eigenvalue weighted by Gasteiger charge is 2.31. The molecule has 114 valence electrons. The fourth-order valence-corrected chi connectivity index (χ4v) is 2.95. The molecule has 1 aromatic rings. The molecule has 21 heavy (non-hydrogen) atoms. The number of nitrogens with one attached hydrogen (secondary N) is 1. The molecule has 0 saturated carbocycles. The lowest BCUT2D eigenvalue weighted by atomic mass is 10.2. The molecule has 0 aromatic carbocycles. The molecule has 1 N–H and O–H groups in total. The molecule has 0 bridgehead atoms. The average molecular weight is 293 g/mol. The molecule has 8 nitrogen and oxygen atoms in total. The van der Waals surface area contributed by atoms with Crippen LogP contribution in [0.2, 0.25) is 0 Å². The van der Waals surface area contributed by atoms with Gasteiger partial charge in [-0.15, -0.1) is 0 Å². The number of carbonyl (C=O) groups is 2. The minimum atomic E-state index is -0.285. The molecule has 1 atom stereocenters. The van der Waals surface area contributed by atoms with Gasteiger partial charge >= 0.3 is 6.03 Å². The second-order valence-electron chi connectivity index (χ2n) is 5.42. The summed E-state index contributed by atoms with van der Waals surface area (Å²) >= 11 is 0. The molecule has 1 aromatic heterocycles. The number of nitrogens with zero attached hydrogens (tertiary/aromatic N) is 4. The van der Waals surface area contributed by atoms with E-state index in [1.54, 1.807) is 6.92 Å². The summed E-state index contributed by atoms with van der Waals surface area (Å²) in [6.07, 6.45) is 2.87. The molecule has 0 unspecified atom stereocenters. The molecule has 0 spiro atoms. The van der Waals surface area contributed by atoms with Gasteiger partial charge in [-0.25, -0.2) is 4.79 Å². The van der Waals surface area contributed by atoms with Crippen molar-refractivity contribution in [2.75, 3.05) is 26.2 Å². The Bertz CT molecular complexity index is 528. The first kappa shape index (κ1) is 14.0. The maximum absolute atomic E-state index is 11.5. The minimum Gasteiger partial charge on any atom is -0.340 e. The van der Waals surface area contributed by atoms with E-state index in [-0.39, 0.29) is 24.5 Å². The summed E-state index contributed by atoms with van der Waals surface area (Å²) in [5.74, 6) is 1.17. The Hall–Kier alpha value is -1.96. The summed E-state index contributed by atoms with van der Waals surface area (Å²) in [6.45, 7) is 4.16. The van der Waals surface area contributed by atoms with Crippen molar-refractivity contribution in [1.82, 2.24) is 25.3 Å². The molecule has 8 heteroatoms. The third-order valence-electron chi connectivity index (χ3n) is 3.97. The van der Waals surface area contributed by atoms with Gasteiger partial charge in [0, 0.05) is 20.0 Å². The summed E-state index contributed by atoms with van der Waals surface area (Å²) in [6, 6.07) is -0.0997. The van der Waals surface area contributed by atoms with E-state index in [1.165, 1.54) is 4.90 Å². The van der Waals surface area contributed by atoms with Crippen LogP contribution in [0, 0.1) is 6.92 Å². The number of hydrogen-bond donors (Lipinski definition) is 1. The van der Waals surface area contributed by atoms with Crippen LogP contribution in [-0.4, -0.2) is 58.1 Å². The zero-order valence-electron chi connectivity index (χ0n) is 12.0. The predicted molar refractivity (Wildman–Crippen MR) is 72.3 cm³/mol. The van der Waals surface area contributed by atoms with E-state index in [9.17, 15) is 9.59 Å². The van der Waals surface area contributed by atoms with Crippen molar-refractivity contribution in [3.05, 3.63) is 11.7 Å². The summed E-state index contributed by atoms with van der Waals surface area (Å²) in [4.78, 5) is 30.8. The van der Waals surface area contributed by atoms with Crippen LogP contribution in [0.25, 0.3) is 0 Å². The monoisotopic (exact) mass is 293 g/mol. The van der Waals surface area contributed by atoms with E-state index >= 15 is 0 Å². The van der Waals surface area contributed by atoms with Gasteiger partial charge in [0.2, 0.25) is 11.8 Å². The average Bonchev–Trinajstić information content (AvgIpc) is 3.15. The quantitative estimate of drug-likeness (QED) is 0.793. The number of imide groups is 1.